The number of pyridine rings is 1. The van der Waals surface area contributed by atoms with Crippen molar-refractivity contribution in [2.75, 3.05) is 5.32 Å². The molecule has 1 aromatic carbocycles. The minimum Gasteiger partial charge on any atom is -0.307 e. The third-order valence-electron chi connectivity index (χ3n) is 2.09. The molecule has 1 N–H and O–H groups in total. The van der Waals surface area contributed by atoms with Crippen LogP contribution in [-0.2, 0) is 0 Å². The Morgan fingerprint density at radius 3 is 2.65 bits per heavy atom. The molecule has 1 amide bonds. The highest BCUT2D eigenvalue weighted by Gasteiger charge is 2.09. The van der Waals surface area contributed by atoms with Crippen molar-refractivity contribution in [1.82, 2.24) is 4.98 Å². The lowest BCUT2D eigenvalue weighted by atomic mass is 10.2. The highest BCUT2D eigenvalue weighted by Crippen LogP contribution is 2.14. The number of anilines is 1. The van der Waals surface area contributed by atoms with Crippen LogP contribution in [0.25, 0.3) is 0 Å². The van der Waals surface area contributed by atoms with E-state index in [1.165, 1.54) is 6.20 Å². The third-order valence-corrected chi connectivity index (χ3v) is 3.25. The van der Waals surface area contributed by atoms with Crippen molar-refractivity contribution in [2.24, 2.45) is 0 Å². The van der Waals surface area contributed by atoms with Crippen molar-refractivity contribution in [3.63, 3.8) is 0 Å². The number of nitrogens with zero attached hydrogens (tertiary/aromatic N) is 1. The van der Waals surface area contributed by atoms with Gasteiger partial charge >= 0.3 is 0 Å². The molecule has 5 heteroatoms. The second-order valence-electron chi connectivity index (χ2n) is 3.30. The average molecular weight is 359 g/mol. The summed E-state index contributed by atoms with van der Waals surface area (Å²) in [6.45, 7) is 0. The van der Waals surface area contributed by atoms with E-state index in [0.717, 1.165) is 3.57 Å². The van der Waals surface area contributed by atoms with Gasteiger partial charge in [0.2, 0.25) is 0 Å². The van der Waals surface area contributed by atoms with Crippen LogP contribution in [0, 0.1) is 3.57 Å². The van der Waals surface area contributed by atoms with Crippen LogP contribution in [0.2, 0.25) is 5.02 Å². The van der Waals surface area contributed by atoms with E-state index < -0.39 is 0 Å². The first-order valence-corrected chi connectivity index (χ1v) is 6.30. The largest absolute Gasteiger partial charge is 0.307 e. The zero-order valence-corrected chi connectivity index (χ0v) is 11.6. The van der Waals surface area contributed by atoms with Crippen LogP contribution in [0.5, 0.6) is 0 Å². The molecule has 0 atom stereocenters. The van der Waals surface area contributed by atoms with Crippen LogP contribution < -0.4 is 5.32 Å². The lowest BCUT2D eigenvalue weighted by Gasteiger charge is -2.05. The summed E-state index contributed by atoms with van der Waals surface area (Å²) in [7, 11) is 0. The van der Waals surface area contributed by atoms with Gasteiger partial charge in [0.05, 0.1) is 10.6 Å². The molecule has 2 rings (SSSR count). The molecule has 0 bridgehead atoms. The Balaban J connectivity index is 2.17. The Kier molecular flexibility index (Phi) is 3.96. The fourth-order valence-electron chi connectivity index (χ4n) is 1.28. The van der Waals surface area contributed by atoms with E-state index in [1.807, 2.05) is 18.2 Å². The fourth-order valence-corrected chi connectivity index (χ4v) is 2.02. The minimum absolute atomic E-state index is 0.176. The maximum absolute atomic E-state index is 11.9. The van der Waals surface area contributed by atoms with E-state index in [2.05, 4.69) is 32.9 Å². The van der Waals surface area contributed by atoms with Gasteiger partial charge in [0.1, 0.15) is 5.82 Å². The molecule has 17 heavy (non-hydrogen) atoms. The highest BCUT2D eigenvalue weighted by molar-refractivity contribution is 14.1. The number of nitrogens with one attached hydrogen (secondary N) is 1. The quantitative estimate of drug-likeness (QED) is 0.834. The molecule has 0 aliphatic heterocycles. The zero-order chi connectivity index (χ0) is 12.3. The van der Waals surface area contributed by atoms with Crippen molar-refractivity contribution in [3.8, 4) is 0 Å². The van der Waals surface area contributed by atoms with Gasteiger partial charge in [0.25, 0.3) is 5.91 Å². The first-order chi connectivity index (χ1) is 8.16. The summed E-state index contributed by atoms with van der Waals surface area (Å²) in [5.74, 6) is 0.309. The van der Waals surface area contributed by atoms with Crippen LogP contribution in [0.1, 0.15) is 10.4 Å². The van der Waals surface area contributed by atoms with E-state index >= 15 is 0 Å². The molecule has 0 saturated heterocycles. The number of halogens is 2. The number of hydrogen-bond donors (Lipinski definition) is 1. The number of amides is 1. The Hall–Kier alpha value is -1.14. The summed E-state index contributed by atoms with van der Waals surface area (Å²) in [6.07, 6.45) is 1.49. The summed E-state index contributed by atoms with van der Waals surface area (Å²) in [6, 6.07) is 10.7. The Morgan fingerprint density at radius 1 is 1.24 bits per heavy atom. The summed E-state index contributed by atoms with van der Waals surface area (Å²) in [5.41, 5.74) is 0.629. The van der Waals surface area contributed by atoms with Crippen molar-refractivity contribution >= 4 is 45.9 Å². The first-order valence-electron chi connectivity index (χ1n) is 4.84. The summed E-state index contributed by atoms with van der Waals surface area (Å²) in [4.78, 5) is 15.9. The van der Waals surface area contributed by atoms with E-state index in [4.69, 9.17) is 11.6 Å². The Morgan fingerprint density at radius 2 is 2.00 bits per heavy atom. The monoisotopic (exact) mass is 358 g/mol. The summed E-state index contributed by atoms with van der Waals surface area (Å²) >= 11 is 7.84. The number of hydrogen-bond acceptors (Lipinski definition) is 2. The maximum atomic E-state index is 11.9. The summed E-state index contributed by atoms with van der Waals surface area (Å²) < 4.78 is 0.900. The Labute approximate surface area is 117 Å². The van der Waals surface area contributed by atoms with E-state index in [-0.39, 0.29) is 5.91 Å². The number of benzene rings is 1. The number of rotatable bonds is 2. The normalized spacial score (nSPS) is 10.0. The van der Waals surface area contributed by atoms with Crippen LogP contribution in [0.15, 0.2) is 42.6 Å². The molecule has 0 unspecified atom stereocenters. The third kappa shape index (κ3) is 3.17. The Bertz CT molecular complexity index is 542. The fraction of sp³-hybridized carbons (Fsp3) is 0. The number of aromatic nitrogens is 1. The molecule has 86 valence electrons. The van der Waals surface area contributed by atoms with Crippen molar-refractivity contribution < 1.29 is 4.79 Å². The van der Waals surface area contributed by atoms with Gasteiger partial charge in [-0.3, -0.25) is 4.79 Å². The molecule has 0 aliphatic rings. The molecule has 1 aromatic heterocycles. The molecule has 1 heterocycles. The standard InChI is InChI=1S/C12H8ClIN2O/c13-8-5-6-11(15-7-8)16-12(17)9-3-1-2-4-10(9)14/h1-7H,(H,15,16,17). The molecular weight excluding hydrogens is 351 g/mol. The highest BCUT2D eigenvalue weighted by atomic mass is 127. The SMILES string of the molecule is O=C(Nc1ccc(Cl)cn1)c1ccccc1I. The van der Waals surface area contributed by atoms with Crippen LogP contribution >= 0.6 is 34.2 Å². The van der Waals surface area contributed by atoms with Gasteiger partial charge in [-0.05, 0) is 46.9 Å². The second kappa shape index (κ2) is 5.46. The smallest absolute Gasteiger partial charge is 0.257 e. The predicted molar refractivity (Wildman–Crippen MR) is 76.4 cm³/mol. The van der Waals surface area contributed by atoms with Gasteiger partial charge in [-0.1, -0.05) is 23.7 Å². The molecule has 0 radical (unpaired) electrons. The zero-order valence-electron chi connectivity index (χ0n) is 8.65. The van der Waals surface area contributed by atoms with Gasteiger partial charge in [0, 0.05) is 9.77 Å². The molecule has 0 spiro atoms. The molecule has 0 saturated carbocycles. The van der Waals surface area contributed by atoms with Gasteiger partial charge < -0.3 is 5.32 Å². The second-order valence-corrected chi connectivity index (χ2v) is 4.89. The van der Waals surface area contributed by atoms with Crippen molar-refractivity contribution in [2.45, 2.75) is 0 Å². The number of carbonyl (C=O) groups is 1. The number of carbonyl (C=O) groups excluding carboxylic acids is 1. The van der Waals surface area contributed by atoms with Crippen LogP contribution in [0.4, 0.5) is 5.82 Å². The molecule has 2 aromatic rings. The average Bonchev–Trinajstić information content (AvgIpc) is 2.32. The van der Waals surface area contributed by atoms with Gasteiger partial charge in [-0.25, -0.2) is 4.98 Å². The van der Waals surface area contributed by atoms with Crippen LogP contribution in [-0.4, -0.2) is 10.9 Å². The molecule has 3 nitrogen and oxygen atoms in total. The maximum Gasteiger partial charge on any atom is 0.257 e. The first kappa shape index (κ1) is 12.3. The topological polar surface area (TPSA) is 42.0 Å². The van der Waals surface area contributed by atoms with Gasteiger partial charge in [0.15, 0.2) is 0 Å². The van der Waals surface area contributed by atoms with Crippen molar-refractivity contribution in [1.29, 1.82) is 0 Å². The molecule has 0 fully saturated rings. The summed E-state index contributed by atoms with van der Waals surface area (Å²) in [5, 5.41) is 3.25. The molecular formula is C12H8ClIN2O. The molecule has 0 aliphatic carbocycles. The van der Waals surface area contributed by atoms with Crippen molar-refractivity contribution in [3.05, 3.63) is 56.8 Å². The van der Waals surface area contributed by atoms with Gasteiger partial charge in [-0.2, -0.15) is 0 Å². The predicted octanol–water partition coefficient (Wildman–Crippen LogP) is 3.59. The lowest BCUT2D eigenvalue weighted by Crippen LogP contribution is -2.14. The minimum atomic E-state index is -0.176. The lowest BCUT2D eigenvalue weighted by molar-refractivity contribution is 0.102. The van der Waals surface area contributed by atoms with E-state index in [9.17, 15) is 4.79 Å². The van der Waals surface area contributed by atoms with E-state index in [0.29, 0.717) is 16.4 Å². The van der Waals surface area contributed by atoms with Gasteiger partial charge in [-0.15, -0.1) is 0 Å². The van der Waals surface area contributed by atoms with E-state index in [1.54, 1.807) is 18.2 Å². The van der Waals surface area contributed by atoms with Crippen LogP contribution in [0.3, 0.4) is 0 Å².